The van der Waals surface area contributed by atoms with Crippen LogP contribution in [-0.4, -0.2) is 63.3 Å². The highest BCUT2D eigenvalue weighted by Gasteiger charge is 2.48. The molecule has 2 aromatic carbocycles. The van der Waals surface area contributed by atoms with Gasteiger partial charge in [-0.3, -0.25) is 4.79 Å². The average Bonchev–Trinajstić information content (AvgIpc) is 3.82. The number of aromatic nitrogens is 1. The SMILES string of the molecule is Cn1ccc2cc(NC(=O)c3ccc(S(=O)(=O)NCCO)cc3N3CCC4(CC3)CC4)cc(N3CCC4(CC4)C3)c21. The molecular formula is C31H39N5O4S. The Morgan fingerprint density at radius 2 is 1.61 bits per heavy atom. The van der Waals surface area contributed by atoms with Crippen LogP contribution in [0.4, 0.5) is 17.1 Å². The average molecular weight is 578 g/mol. The van der Waals surface area contributed by atoms with Gasteiger partial charge in [0, 0.05) is 57.0 Å². The monoisotopic (exact) mass is 577 g/mol. The molecule has 1 amide bonds. The smallest absolute Gasteiger partial charge is 0.257 e. The van der Waals surface area contributed by atoms with E-state index in [-0.39, 0.29) is 24.0 Å². The van der Waals surface area contributed by atoms with Crippen molar-refractivity contribution in [3.8, 4) is 0 Å². The second kappa shape index (κ2) is 9.74. The Morgan fingerprint density at radius 1 is 0.902 bits per heavy atom. The van der Waals surface area contributed by atoms with E-state index in [9.17, 15) is 13.2 Å². The molecule has 2 spiro atoms. The molecule has 2 saturated heterocycles. The Hall–Kier alpha value is -3.08. The van der Waals surface area contributed by atoms with Crippen LogP contribution in [0.2, 0.25) is 0 Å². The van der Waals surface area contributed by atoms with Crippen molar-refractivity contribution in [3.63, 3.8) is 0 Å². The molecule has 0 atom stereocenters. The number of rotatable bonds is 8. The Morgan fingerprint density at radius 3 is 2.29 bits per heavy atom. The van der Waals surface area contributed by atoms with E-state index < -0.39 is 10.0 Å². The quantitative estimate of drug-likeness (QED) is 0.373. The van der Waals surface area contributed by atoms with Gasteiger partial charge in [-0.2, -0.15) is 0 Å². The van der Waals surface area contributed by atoms with E-state index in [0.29, 0.717) is 22.1 Å². The molecule has 2 saturated carbocycles. The van der Waals surface area contributed by atoms with Gasteiger partial charge in [0.05, 0.1) is 34.0 Å². The number of carbonyl (C=O) groups is 1. The maximum absolute atomic E-state index is 13.9. The first-order valence-electron chi connectivity index (χ1n) is 14.8. The molecule has 0 bridgehead atoms. The molecule has 4 fully saturated rings. The molecule has 4 aliphatic rings. The van der Waals surface area contributed by atoms with Crippen molar-refractivity contribution in [2.75, 3.05) is 54.4 Å². The maximum atomic E-state index is 13.9. The van der Waals surface area contributed by atoms with Crippen LogP contribution in [0, 0.1) is 10.8 Å². The summed E-state index contributed by atoms with van der Waals surface area (Å²) in [4.78, 5) is 18.6. The maximum Gasteiger partial charge on any atom is 0.257 e. The minimum absolute atomic E-state index is 0.0609. The topological polar surface area (TPSA) is 107 Å². The molecule has 2 aliphatic heterocycles. The van der Waals surface area contributed by atoms with E-state index >= 15 is 0 Å². The number of piperidine rings is 1. The molecule has 2 aliphatic carbocycles. The number of aliphatic hydroxyl groups excluding tert-OH is 1. The standard InChI is InChI=1S/C31H39N5O4S/c1-34-13-4-22-18-23(19-27(28(22)34)36-16-11-31(21-36)7-8-31)33-29(38)25-3-2-24(41(39,40)32-12-17-37)20-26(25)35-14-9-30(5-6-30)10-15-35/h2-4,13,18-20,32,37H,5-12,14-17,21H2,1H3,(H,33,38). The van der Waals surface area contributed by atoms with Crippen LogP contribution in [0.5, 0.6) is 0 Å². The third kappa shape index (κ3) is 5.00. The lowest BCUT2D eigenvalue weighted by Gasteiger charge is -2.35. The number of sulfonamides is 1. The zero-order chi connectivity index (χ0) is 28.4. The van der Waals surface area contributed by atoms with Gasteiger partial charge < -0.3 is 24.8 Å². The lowest BCUT2D eigenvalue weighted by Crippen LogP contribution is -2.36. The minimum Gasteiger partial charge on any atom is -0.395 e. The molecule has 10 heteroatoms. The Bertz CT molecular complexity index is 1610. The Kier molecular flexibility index (Phi) is 6.37. The fraction of sp³-hybridized carbons (Fsp3) is 0.516. The van der Waals surface area contributed by atoms with Gasteiger partial charge in [0.15, 0.2) is 0 Å². The van der Waals surface area contributed by atoms with Crippen molar-refractivity contribution in [1.82, 2.24) is 9.29 Å². The molecular weight excluding hydrogens is 538 g/mol. The van der Waals surface area contributed by atoms with E-state index in [1.165, 1.54) is 43.7 Å². The second-order valence-electron chi connectivity index (χ2n) is 12.8. The van der Waals surface area contributed by atoms with E-state index in [2.05, 4.69) is 49.8 Å². The van der Waals surface area contributed by atoms with E-state index in [1.54, 1.807) is 12.1 Å². The van der Waals surface area contributed by atoms with E-state index in [0.717, 1.165) is 55.8 Å². The summed E-state index contributed by atoms with van der Waals surface area (Å²) in [5, 5.41) is 13.4. The van der Waals surface area contributed by atoms with E-state index in [1.807, 2.05) is 6.07 Å². The molecule has 0 unspecified atom stereocenters. The summed E-state index contributed by atoms with van der Waals surface area (Å²) < 4.78 is 30.4. The number of fused-ring (bicyclic) bond motifs is 1. The highest BCUT2D eigenvalue weighted by atomic mass is 32.2. The number of amides is 1. The first-order chi connectivity index (χ1) is 19.7. The summed E-state index contributed by atoms with van der Waals surface area (Å²) in [6.07, 6.45) is 10.5. The molecule has 3 heterocycles. The molecule has 7 rings (SSSR count). The number of benzene rings is 2. The summed E-state index contributed by atoms with van der Waals surface area (Å²) in [5.41, 5.74) is 5.09. The van der Waals surface area contributed by atoms with Gasteiger partial charge in [0.1, 0.15) is 0 Å². The van der Waals surface area contributed by atoms with Gasteiger partial charge in [-0.05, 0) is 92.2 Å². The summed E-state index contributed by atoms with van der Waals surface area (Å²) in [5.74, 6) is -0.250. The van der Waals surface area contributed by atoms with E-state index in [4.69, 9.17) is 5.11 Å². The first kappa shape index (κ1) is 26.8. The number of carbonyl (C=O) groups excluding carboxylic acids is 1. The number of nitrogens with zero attached hydrogens (tertiary/aromatic N) is 3. The molecule has 41 heavy (non-hydrogen) atoms. The van der Waals surface area contributed by atoms with Crippen molar-refractivity contribution >= 4 is 43.9 Å². The van der Waals surface area contributed by atoms with Crippen molar-refractivity contribution in [2.24, 2.45) is 17.9 Å². The lowest BCUT2D eigenvalue weighted by molar-refractivity contribution is 0.102. The van der Waals surface area contributed by atoms with Crippen LogP contribution in [0.3, 0.4) is 0 Å². The molecule has 9 nitrogen and oxygen atoms in total. The molecule has 3 N–H and O–H groups in total. The molecule has 218 valence electrons. The third-order valence-corrected chi connectivity index (χ3v) is 11.5. The van der Waals surface area contributed by atoms with Crippen LogP contribution < -0.4 is 19.8 Å². The largest absolute Gasteiger partial charge is 0.395 e. The second-order valence-corrected chi connectivity index (χ2v) is 14.5. The summed E-state index contributed by atoms with van der Waals surface area (Å²) >= 11 is 0. The predicted molar refractivity (Wildman–Crippen MR) is 161 cm³/mol. The molecule has 3 aromatic rings. The summed E-state index contributed by atoms with van der Waals surface area (Å²) in [7, 11) is -1.75. The van der Waals surface area contributed by atoms with Gasteiger partial charge in [0.25, 0.3) is 5.91 Å². The number of hydrogen-bond donors (Lipinski definition) is 3. The molecule has 1 aromatic heterocycles. The van der Waals surface area contributed by atoms with Crippen molar-refractivity contribution in [2.45, 2.75) is 49.8 Å². The highest BCUT2D eigenvalue weighted by Crippen LogP contribution is 2.55. The Balaban J connectivity index is 1.21. The normalized spacial score (nSPS) is 20.7. The lowest BCUT2D eigenvalue weighted by atomic mass is 9.93. The van der Waals surface area contributed by atoms with Crippen LogP contribution in [0.15, 0.2) is 47.5 Å². The van der Waals surface area contributed by atoms with Crippen LogP contribution in [-0.2, 0) is 17.1 Å². The number of hydrogen-bond acceptors (Lipinski definition) is 6. The van der Waals surface area contributed by atoms with Gasteiger partial charge in [-0.25, -0.2) is 13.1 Å². The number of aliphatic hydroxyl groups is 1. The predicted octanol–water partition coefficient (Wildman–Crippen LogP) is 4.07. The minimum atomic E-state index is -3.81. The van der Waals surface area contributed by atoms with Gasteiger partial charge in [0.2, 0.25) is 10.0 Å². The van der Waals surface area contributed by atoms with Crippen LogP contribution in [0.1, 0.15) is 55.3 Å². The molecule has 0 radical (unpaired) electrons. The van der Waals surface area contributed by atoms with Gasteiger partial charge >= 0.3 is 0 Å². The first-order valence-corrected chi connectivity index (χ1v) is 16.3. The van der Waals surface area contributed by atoms with Crippen LogP contribution in [0.25, 0.3) is 10.9 Å². The third-order valence-electron chi connectivity index (χ3n) is 9.99. The van der Waals surface area contributed by atoms with Gasteiger partial charge in [-0.15, -0.1) is 0 Å². The zero-order valence-corrected chi connectivity index (χ0v) is 24.5. The number of anilines is 3. The summed E-state index contributed by atoms with van der Waals surface area (Å²) in [6.45, 7) is 3.33. The van der Waals surface area contributed by atoms with Crippen molar-refractivity contribution in [3.05, 3.63) is 48.2 Å². The fourth-order valence-electron chi connectivity index (χ4n) is 6.95. The van der Waals surface area contributed by atoms with Gasteiger partial charge in [-0.1, -0.05) is 0 Å². The number of aryl methyl sites for hydroxylation is 1. The Labute approximate surface area is 241 Å². The zero-order valence-electron chi connectivity index (χ0n) is 23.7. The number of nitrogens with one attached hydrogen (secondary N) is 2. The van der Waals surface area contributed by atoms with Crippen LogP contribution >= 0.6 is 0 Å². The van der Waals surface area contributed by atoms with Crippen molar-refractivity contribution < 1.29 is 18.3 Å². The highest BCUT2D eigenvalue weighted by molar-refractivity contribution is 7.89. The summed E-state index contributed by atoms with van der Waals surface area (Å²) in [6, 6.07) is 10.9. The van der Waals surface area contributed by atoms with Crippen molar-refractivity contribution in [1.29, 1.82) is 0 Å². The fourth-order valence-corrected chi connectivity index (χ4v) is 7.99.